The van der Waals surface area contributed by atoms with Crippen LogP contribution >= 0.6 is 33.8 Å². The normalized spacial score (nSPS) is 11.7. The van der Waals surface area contributed by atoms with Gasteiger partial charge >= 0.3 is 0 Å². The standard InChI is InChI=1S/C9H11I.CH3F3S/c1-6-4-7(2)9(10)8(3)5-6;1-5(2,3)4/h4-5H,1-3H3;1H3. The van der Waals surface area contributed by atoms with E-state index in [1.165, 1.54) is 20.3 Å². The summed E-state index contributed by atoms with van der Waals surface area (Å²) in [6, 6.07) is 4.43. The van der Waals surface area contributed by atoms with E-state index in [2.05, 4.69) is 55.5 Å². The Morgan fingerprint density at radius 3 is 1.53 bits per heavy atom. The van der Waals surface area contributed by atoms with Crippen LogP contribution in [0, 0.1) is 24.3 Å². The van der Waals surface area contributed by atoms with Gasteiger partial charge in [-0.1, -0.05) is 17.7 Å². The smallest absolute Gasteiger partial charge is 0.125 e. The van der Waals surface area contributed by atoms with Gasteiger partial charge < -0.3 is 0 Å². The third kappa shape index (κ3) is 7.96. The Morgan fingerprint density at radius 2 is 1.27 bits per heavy atom. The second-order valence-electron chi connectivity index (χ2n) is 3.35. The molecule has 0 radical (unpaired) electrons. The number of halogens is 4. The molecule has 0 N–H and O–H groups in total. The van der Waals surface area contributed by atoms with Crippen LogP contribution < -0.4 is 0 Å². The quantitative estimate of drug-likeness (QED) is 0.558. The number of hydrogen-bond acceptors (Lipinski definition) is 0. The molecule has 0 atom stereocenters. The Hall–Kier alpha value is 0.0900. The molecule has 0 bridgehead atoms. The molecule has 15 heavy (non-hydrogen) atoms. The van der Waals surface area contributed by atoms with E-state index in [-0.39, 0.29) is 6.26 Å². The van der Waals surface area contributed by atoms with Crippen LogP contribution in [0.5, 0.6) is 0 Å². The molecular weight excluding hydrogens is 336 g/mol. The van der Waals surface area contributed by atoms with Crippen molar-refractivity contribution in [3.05, 3.63) is 32.4 Å². The van der Waals surface area contributed by atoms with Gasteiger partial charge in [0.15, 0.2) is 0 Å². The summed E-state index contributed by atoms with van der Waals surface area (Å²) in [5.41, 5.74) is 4.13. The first-order valence-electron chi connectivity index (χ1n) is 4.21. The van der Waals surface area contributed by atoms with Crippen molar-refractivity contribution >= 4 is 33.8 Å². The lowest BCUT2D eigenvalue weighted by molar-refractivity contribution is 0.647. The minimum Gasteiger partial charge on any atom is -0.125 e. The summed E-state index contributed by atoms with van der Waals surface area (Å²) in [7, 11) is 0. The molecule has 0 spiro atoms. The lowest BCUT2D eigenvalue weighted by Crippen LogP contribution is -1.86. The van der Waals surface area contributed by atoms with E-state index in [0.29, 0.717) is 0 Å². The molecular formula is C10H14F3IS. The molecule has 0 nitrogen and oxygen atoms in total. The zero-order chi connectivity index (χ0) is 12.2. The topological polar surface area (TPSA) is 0 Å². The number of aryl methyl sites for hydroxylation is 3. The van der Waals surface area contributed by atoms with Gasteiger partial charge in [-0.05, 0) is 54.5 Å². The third-order valence-electron chi connectivity index (χ3n) is 1.58. The first-order valence-corrected chi connectivity index (χ1v) is 7.04. The van der Waals surface area contributed by atoms with Crippen molar-refractivity contribution in [3.63, 3.8) is 0 Å². The van der Waals surface area contributed by atoms with Crippen molar-refractivity contribution in [1.29, 1.82) is 0 Å². The molecule has 0 aromatic heterocycles. The zero-order valence-corrected chi connectivity index (χ0v) is 12.0. The van der Waals surface area contributed by atoms with Gasteiger partial charge in [-0.3, -0.25) is 0 Å². The molecule has 0 aliphatic heterocycles. The maximum Gasteiger partial charge on any atom is 0.206 e. The molecule has 0 aliphatic carbocycles. The minimum absolute atomic E-state index is 0.271. The maximum absolute atomic E-state index is 10.4. The van der Waals surface area contributed by atoms with Crippen molar-refractivity contribution in [2.75, 3.05) is 6.26 Å². The van der Waals surface area contributed by atoms with Crippen LogP contribution in [0.25, 0.3) is 0 Å². The summed E-state index contributed by atoms with van der Waals surface area (Å²) in [6.45, 7) is 6.44. The van der Waals surface area contributed by atoms with E-state index >= 15 is 0 Å². The predicted molar refractivity (Wildman–Crippen MR) is 70.2 cm³/mol. The largest absolute Gasteiger partial charge is 0.206 e. The molecule has 0 amide bonds. The van der Waals surface area contributed by atoms with Gasteiger partial charge in [-0.2, -0.15) is 0 Å². The second kappa shape index (κ2) is 5.98. The van der Waals surface area contributed by atoms with Crippen LogP contribution in [-0.4, -0.2) is 6.26 Å². The molecule has 1 aromatic rings. The van der Waals surface area contributed by atoms with Gasteiger partial charge in [0.05, 0.1) is 0 Å². The van der Waals surface area contributed by atoms with Gasteiger partial charge in [-0.25, -0.2) is 0 Å². The first-order chi connectivity index (χ1) is 6.61. The van der Waals surface area contributed by atoms with Gasteiger partial charge in [0, 0.05) is 9.83 Å². The lowest BCUT2D eigenvalue weighted by Gasteiger charge is -2.03. The van der Waals surface area contributed by atoms with Gasteiger partial charge in [-0.15, -0.1) is 11.7 Å². The Labute approximate surface area is 105 Å². The van der Waals surface area contributed by atoms with E-state index in [0.717, 1.165) is 0 Å². The SMILES string of the molecule is CS(F)(F)F.Cc1cc(C)c(I)c(C)c1. The van der Waals surface area contributed by atoms with Crippen LogP contribution in [0.4, 0.5) is 11.7 Å². The molecule has 0 heterocycles. The molecule has 0 saturated heterocycles. The van der Waals surface area contributed by atoms with E-state index in [4.69, 9.17) is 0 Å². The molecule has 1 rings (SSSR count). The number of hydrogen-bond donors (Lipinski definition) is 0. The fraction of sp³-hybridized carbons (Fsp3) is 0.400. The fourth-order valence-corrected chi connectivity index (χ4v) is 1.47. The lowest BCUT2D eigenvalue weighted by atomic mass is 10.1. The highest BCUT2D eigenvalue weighted by atomic mass is 127. The molecule has 88 valence electrons. The molecule has 0 saturated carbocycles. The van der Waals surface area contributed by atoms with E-state index < -0.39 is 11.2 Å². The molecule has 0 aliphatic rings. The van der Waals surface area contributed by atoms with Crippen molar-refractivity contribution < 1.29 is 11.7 Å². The third-order valence-corrected chi connectivity index (χ3v) is 3.28. The Morgan fingerprint density at radius 1 is 1.00 bits per heavy atom. The average Bonchev–Trinajstić information content (AvgIpc) is 1.96. The molecule has 0 fully saturated rings. The molecule has 1 aromatic carbocycles. The van der Waals surface area contributed by atoms with Crippen molar-refractivity contribution in [2.45, 2.75) is 20.8 Å². The zero-order valence-electron chi connectivity index (χ0n) is 9.07. The maximum atomic E-state index is 10.4. The van der Waals surface area contributed by atoms with Crippen molar-refractivity contribution in [1.82, 2.24) is 0 Å². The van der Waals surface area contributed by atoms with E-state index in [1.807, 2.05) is 0 Å². The first kappa shape index (κ1) is 15.1. The summed E-state index contributed by atoms with van der Waals surface area (Å²) in [5, 5.41) is 0. The molecule has 5 heteroatoms. The summed E-state index contributed by atoms with van der Waals surface area (Å²) in [6.07, 6.45) is 0.271. The number of benzene rings is 1. The van der Waals surface area contributed by atoms with Gasteiger partial charge in [0.1, 0.15) is 0 Å². The number of rotatable bonds is 0. The second-order valence-corrected chi connectivity index (χ2v) is 5.71. The van der Waals surface area contributed by atoms with E-state index in [1.54, 1.807) is 0 Å². The Balaban J connectivity index is 0.000000336. The van der Waals surface area contributed by atoms with Crippen LogP contribution in [0.2, 0.25) is 0 Å². The van der Waals surface area contributed by atoms with Crippen molar-refractivity contribution in [2.24, 2.45) is 0 Å². The monoisotopic (exact) mass is 350 g/mol. The van der Waals surface area contributed by atoms with Gasteiger partial charge in [0.25, 0.3) is 0 Å². The highest BCUT2D eigenvalue weighted by Crippen LogP contribution is 2.48. The Kier molecular flexibility index (Phi) is 6.02. The highest BCUT2D eigenvalue weighted by Gasteiger charge is 2.07. The predicted octanol–water partition coefficient (Wildman–Crippen LogP) is 5.29. The highest BCUT2D eigenvalue weighted by molar-refractivity contribution is 14.1. The van der Waals surface area contributed by atoms with Gasteiger partial charge in [0.2, 0.25) is 11.2 Å². The minimum atomic E-state index is -4.67. The fourth-order valence-electron chi connectivity index (χ4n) is 1.16. The average molecular weight is 350 g/mol. The van der Waals surface area contributed by atoms with Crippen molar-refractivity contribution in [3.8, 4) is 0 Å². The summed E-state index contributed by atoms with van der Waals surface area (Å²) < 4.78 is 32.7. The van der Waals surface area contributed by atoms with E-state index in [9.17, 15) is 11.7 Å². The summed E-state index contributed by atoms with van der Waals surface area (Å²) in [5.74, 6) is 0. The van der Waals surface area contributed by atoms with Crippen LogP contribution in [-0.2, 0) is 0 Å². The van der Waals surface area contributed by atoms with Crippen LogP contribution in [0.1, 0.15) is 16.7 Å². The summed E-state index contributed by atoms with van der Waals surface area (Å²) in [4.78, 5) is 0. The molecule has 0 unspecified atom stereocenters. The summed E-state index contributed by atoms with van der Waals surface area (Å²) >= 11 is -2.28. The Bertz CT molecular complexity index is 305. The van der Waals surface area contributed by atoms with Crippen LogP contribution in [0.15, 0.2) is 12.1 Å². The van der Waals surface area contributed by atoms with Crippen LogP contribution in [0.3, 0.4) is 0 Å².